The van der Waals surface area contributed by atoms with Gasteiger partial charge in [0.05, 0.1) is 0 Å². The number of benzene rings is 1. The largest absolute Gasteiger partial charge is 0.0874 e. The monoisotopic (exact) mass is 200 g/mol. The summed E-state index contributed by atoms with van der Waals surface area (Å²) in [5.74, 6) is 0. The van der Waals surface area contributed by atoms with E-state index in [1.807, 2.05) is 0 Å². The van der Waals surface area contributed by atoms with Crippen molar-refractivity contribution in [2.45, 2.75) is 34.6 Å². The molecule has 0 aromatic heterocycles. The van der Waals surface area contributed by atoms with Gasteiger partial charge < -0.3 is 0 Å². The van der Waals surface area contributed by atoms with Gasteiger partial charge in [-0.2, -0.15) is 0 Å². The SMILES string of the molecule is C/C=C\C(C)=C(/C)c1c(C)cccc1C. The van der Waals surface area contributed by atoms with E-state index < -0.39 is 0 Å². The third-order valence-corrected chi connectivity index (χ3v) is 2.86. The van der Waals surface area contributed by atoms with Gasteiger partial charge in [-0.05, 0) is 62.5 Å². The van der Waals surface area contributed by atoms with Gasteiger partial charge in [-0.25, -0.2) is 0 Å². The number of rotatable bonds is 2. The van der Waals surface area contributed by atoms with Crippen LogP contribution in [0.4, 0.5) is 0 Å². The van der Waals surface area contributed by atoms with E-state index in [4.69, 9.17) is 0 Å². The molecule has 0 heterocycles. The van der Waals surface area contributed by atoms with Crippen molar-refractivity contribution in [3.05, 3.63) is 52.6 Å². The van der Waals surface area contributed by atoms with Crippen LogP contribution in [-0.4, -0.2) is 0 Å². The molecule has 1 rings (SSSR count). The highest BCUT2D eigenvalue weighted by Crippen LogP contribution is 2.25. The van der Waals surface area contributed by atoms with Crippen molar-refractivity contribution >= 4 is 5.57 Å². The van der Waals surface area contributed by atoms with Gasteiger partial charge in [0.2, 0.25) is 0 Å². The molecule has 0 amide bonds. The normalized spacial score (nSPS) is 13.1. The lowest BCUT2D eigenvalue weighted by Gasteiger charge is -2.12. The molecule has 15 heavy (non-hydrogen) atoms. The molecule has 0 heteroatoms. The van der Waals surface area contributed by atoms with E-state index in [1.54, 1.807) is 0 Å². The lowest BCUT2D eigenvalue weighted by Crippen LogP contribution is -1.92. The van der Waals surface area contributed by atoms with Gasteiger partial charge in [-0.1, -0.05) is 30.4 Å². The molecule has 0 aliphatic rings. The number of hydrogen-bond donors (Lipinski definition) is 0. The van der Waals surface area contributed by atoms with Crippen LogP contribution < -0.4 is 0 Å². The molecule has 0 bridgehead atoms. The molecular formula is C15H20. The zero-order valence-electron chi connectivity index (χ0n) is 10.4. The average molecular weight is 200 g/mol. The Balaban J connectivity index is 3.33. The maximum Gasteiger partial charge on any atom is -0.0166 e. The topological polar surface area (TPSA) is 0 Å². The Hall–Kier alpha value is -1.30. The quantitative estimate of drug-likeness (QED) is 0.608. The van der Waals surface area contributed by atoms with E-state index in [9.17, 15) is 0 Å². The summed E-state index contributed by atoms with van der Waals surface area (Å²) in [6.45, 7) is 10.8. The second-order valence-corrected chi connectivity index (χ2v) is 4.07. The van der Waals surface area contributed by atoms with Crippen molar-refractivity contribution in [3.8, 4) is 0 Å². The average Bonchev–Trinajstić information content (AvgIpc) is 2.17. The Morgan fingerprint density at radius 1 is 1.07 bits per heavy atom. The molecule has 0 aliphatic carbocycles. The molecule has 0 fully saturated rings. The standard InChI is InChI=1S/C15H20/c1-6-8-11(2)14(5)15-12(3)9-7-10-13(15)4/h6-10H,1-5H3/b8-6-,14-11+. The van der Waals surface area contributed by atoms with Crippen LogP contribution >= 0.6 is 0 Å². The third-order valence-electron chi connectivity index (χ3n) is 2.86. The predicted octanol–water partition coefficient (Wildman–Crippen LogP) is 4.67. The van der Waals surface area contributed by atoms with Gasteiger partial charge in [0.1, 0.15) is 0 Å². The summed E-state index contributed by atoms with van der Waals surface area (Å²) < 4.78 is 0. The number of aryl methyl sites for hydroxylation is 2. The Kier molecular flexibility index (Phi) is 3.90. The van der Waals surface area contributed by atoms with Crippen LogP contribution in [0.3, 0.4) is 0 Å². The van der Waals surface area contributed by atoms with E-state index >= 15 is 0 Å². The van der Waals surface area contributed by atoms with E-state index in [0.717, 1.165) is 0 Å². The van der Waals surface area contributed by atoms with Gasteiger partial charge in [-0.15, -0.1) is 0 Å². The molecule has 0 saturated carbocycles. The summed E-state index contributed by atoms with van der Waals surface area (Å²) in [5, 5.41) is 0. The first-order valence-electron chi connectivity index (χ1n) is 5.44. The molecule has 1 aromatic carbocycles. The molecule has 80 valence electrons. The fourth-order valence-electron chi connectivity index (χ4n) is 1.98. The lowest BCUT2D eigenvalue weighted by molar-refractivity contribution is 1.31. The first-order chi connectivity index (χ1) is 7.07. The highest BCUT2D eigenvalue weighted by molar-refractivity contribution is 5.73. The Bertz CT molecular complexity index is 386. The second-order valence-electron chi connectivity index (χ2n) is 4.07. The second kappa shape index (κ2) is 4.97. The van der Waals surface area contributed by atoms with Crippen LogP contribution in [0.5, 0.6) is 0 Å². The van der Waals surface area contributed by atoms with Gasteiger partial charge in [0.25, 0.3) is 0 Å². The molecule has 0 atom stereocenters. The van der Waals surface area contributed by atoms with Crippen LogP contribution in [0, 0.1) is 13.8 Å². The van der Waals surface area contributed by atoms with Gasteiger partial charge in [0.15, 0.2) is 0 Å². The highest BCUT2D eigenvalue weighted by atomic mass is 14.1. The number of hydrogen-bond acceptors (Lipinski definition) is 0. The first kappa shape index (κ1) is 11.8. The first-order valence-corrected chi connectivity index (χ1v) is 5.44. The molecule has 0 N–H and O–H groups in total. The molecule has 0 unspecified atom stereocenters. The smallest absolute Gasteiger partial charge is 0.0166 e. The predicted molar refractivity (Wildman–Crippen MR) is 69.0 cm³/mol. The summed E-state index contributed by atoms with van der Waals surface area (Å²) in [6.07, 6.45) is 4.26. The number of allylic oxidation sites excluding steroid dienone is 4. The van der Waals surface area contributed by atoms with Crippen LogP contribution in [0.1, 0.15) is 37.5 Å². The fraction of sp³-hybridized carbons (Fsp3) is 0.333. The van der Waals surface area contributed by atoms with Gasteiger partial charge in [0, 0.05) is 0 Å². The Morgan fingerprint density at radius 3 is 2.07 bits per heavy atom. The summed E-state index contributed by atoms with van der Waals surface area (Å²) in [7, 11) is 0. The molecule has 0 spiro atoms. The van der Waals surface area contributed by atoms with Crippen molar-refractivity contribution in [3.63, 3.8) is 0 Å². The lowest BCUT2D eigenvalue weighted by atomic mass is 9.93. The van der Waals surface area contributed by atoms with Crippen LogP contribution in [0.2, 0.25) is 0 Å². The molecule has 1 aromatic rings. The summed E-state index contributed by atoms with van der Waals surface area (Å²) in [5.41, 5.74) is 6.83. The molecule has 0 nitrogen and oxygen atoms in total. The molecular weight excluding hydrogens is 180 g/mol. The Morgan fingerprint density at radius 2 is 1.60 bits per heavy atom. The van der Waals surface area contributed by atoms with E-state index in [0.29, 0.717) is 0 Å². The van der Waals surface area contributed by atoms with Crippen molar-refractivity contribution in [1.29, 1.82) is 0 Å². The third kappa shape index (κ3) is 2.59. The van der Waals surface area contributed by atoms with Gasteiger partial charge >= 0.3 is 0 Å². The van der Waals surface area contributed by atoms with Crippen LogP contribution in [-0.2, 0) is 0 Å². The van der Waals surface area contributed by atoms with Crippen molar-refractivity contribution in [1.82, 2.24) is 0 Å². The summed E-state index contributed by atoms with van der Waals surface area (Å²) in [6, 6.07) is 6.47. The van der Waals surface area contributed by atoms with E-state index in [-0.39, 0.29) is 0 Å². The van der Waals surface area contributed by atoms with Crippen molar-refractivity contribution < 1.29 is 0 Å². The maximum absolute atomic E-state index is 2.20. The van der Waals surface area contributed by atoms with Crippen molar-refractivity contribution in [2.75, 3.05) is 0 Å². The molecule has 0 saturated heterocycles. The van der Waals surface area contributed by atoms with Crippen LogP contribution in [0.15, 0.2) is 35.9 Å². The minimum absolute atomic E-state index is 1.34. The summed E-state index contributed by atoms with van der Waals surface area (Å²) >= 11 is 0. The highest BCUT2D eigenvalue weighted by Gasteiger charge is 2.05. The van der Waals surface area contributed by atoms with Gasteiger partial charge in [-0.3, -0.25) is 0 Å². The minimum atomic E-state index is 1.34. The zero-order valence-corrected chi connectivity index (χ0v) is 10.4. The minimum Gasteiger partial charge on any atom is -0.0874 e. The zero-order chi connectivity index (χ0) is 11.4. The van der Waals surface area contributed by atoms with E-state index in [1.165, 1.54) is 27.8 Å². The van der Waals surface area contributed by atoms with Crippen LogP contribution in [0.25, 0.3) is 5.57 Å². The Labute approximate surface area is 93.3 Å². The van der Waals surface area contributed by atoms with E-state index in [2.05, 4.69) is 65.0 Å². The molecule has 0 radical (unpaired) electrons. The summed E-state index contributed by atoms with van der Waals surface area (Å²) in [4.78, 5) is 0. The fourth-order valence-corrected chi connectivity index (χ4v) is 1.98. The maximum atomic E-state index is 2.20. The van der Waals surface area contributed by atoms with Crippen molar-refractivity contribution in [2.24, 2.45) is 0 Å². The molecule has 0 aliphatic heterocycles.